The summed E-state index contributed by atoms with van der Waals surface area (Å²) in [5.41, 5.74) is 3.48. The number of hydrogen-bond acceptors (Lipinski definition) is 1. The van der Waals surface area contributed by atoms with Crippen LogP contribution in [-0.2, 0) is 0 Å². The van der Waals surface area contributed by atoms with E-state index < -0.39 is 0 Å². The molecule has 0 aromatic heterocycles. The molecule has 0 fully saturated rings. The first-order chi connectivity index (χ1) is 6.89. The Balaban J connectivity index is 2.55. The molecule has 1 aliphatic heterocycles. The predicted molar refractivity (Wildman–Crippen MR) is 63.8 cm³/mol. The summed E-state index contributed by atoms with van der Waals surface area (Å²) in [6.07, 6.45) is 0.867. The Hall–Kier alpha value is -0.690. The van der Waals surface area contributed by atoms with Gasteiger partial charge in [0.1, 0.15) is 11.4 Å². The van der Waals surface area contributed by atoms with Crippen LogP contribution in [0.5, 0.6) is 5.75 Å². The van der Waals surface area contributed by atoms with Crippen LogP contribution in [0.15, 0.2) is 12.1 Å². The van der Waals surface area contributed by atoms with Crippen LogP contribution in [-0.4, -0.2) is 5.60 Å². The molecule has 0 bridgehead atoms. The summed E-state index contributed by atoms with van der Waals surface area (Å²) < 4.78 is 5.97. The molecule has 0 aliphatic carbocycles. The monoisotopic (exact) mass is 224 g/mol. The predicted octanol–water partition coefficient (Wildman–Crippen LogP) is 4.14. The SMILES string of the molecule is Cc1cc(C)c2c(c1)OC(C)(C)CC2Cl. The minimum absolute atomic E-state index is 0.0735. The number of aryl methyl sites for hydroxylation is 2. The van der Waals surface area contributed by atoms with E-state index in [1.165, 1.54) is 16.7 Å². The lowest BCUT2D eigenvalue weighted by Gasteiger charge is -2.36. The molecule has 0 saturated carbocycles. The molecule has 2 rings (SSSR count). The van der Waals surface area contributed by atoms with Crippen molar-refractivity contribution >= 4 is 11.6 Å². The van der Waals surface area contributed by atoms with E-state index in [-0.39, 0.29) is 11.0 Å². The van der Waals surface area contributed by atoms with Crippen LogP contribution in [0.1, 0.15) is 42.3 Å². The zero-order chi connectivity index (χ0) is 11.2. The molecule has 2 heteroatoms. The van der Waals surface area contributed by atoms with Crippen LogP contribution in [0, 0.1) is 13.8 Å². The van der Waals surface area contributed by atoms with Gasteiger partial charge in [0.15, 0.2) is 0 Å². The molecule has 0 N–H and O–H groups in total. The van der Waals surface area contributed by atoms with Gasteiger partial charge in [-0.1, -0.05) is 6.07 Å². The summed E-state index contributed by atoms with van der Waals surface area (Å²) in [5.74, 6) is 0.962. The van der Waals surface area contributed by atoms with Crippen molar-refractivity contribution in [3.8, 4) is 5.75 Å². The Morgan fingerprint density at radius 1 is 1.33 bits per heavy atom. The van der Waals surface area contributed by atoms with Crippen LogP contribution >= 0.6 is 11.6 Å². The summed E-state index contributed by atoms with van der Waals surface area (Å²) >= 11 is 6.41. The van der Waals surface area contributed by atoms with Crippen molar-refractivity contribution < 1.29 is 4.74 Å². The molecule has 82 valence electrons. The minimum Gasteiger partial charge on any atom is -0.487 e. The van der Waals surface area contributed by atoms with Gasteiger partial charge in [0.05, 0.1) is 5.38 Å². The van der Waals surface area contributed by atoms with Crippen molar-refractivity contribution in [3.05, 3.63) is 28.8 Å². The van der Waals surface area contributed by atoms with Crippen molar-refractivity contribution in [2.45, 2.75) is 45.1 Å². The molecular weight excluding hydrogens is 208 g/mol. The lowest BCUT2D eigenvalue weighted by atomic mass is 9.90. The zero-order valence-corrected chi connectivity index (χ0v) is 10.5. The van der Waals surface area contributed by atoms with Gasteiger partial charge in [-0.05, 0) is 44.9 Å². The molecule has 1 atom stereocenters. The van der Waals surface area contributed by atoms with Crippen LogP contribution in [0.4, 0.5) is 0 Å². The average Bonchev–Trinajstić information content (AvgIpc) is 1.97. The largest absolute Gasteiger partial charge is 0.487 e. The quantitative estimate of drug-likeness (QED) is 0.602. The molecule has 1 aromatic carbocycles. The fourth-order valence-electron chi connectivity index (χ4n) is 2.30. The molecule has 0 radical (unpaired) electrons. The third-order valence-electron chi connectivity index (χ3n) is 2.86. The van der Waals surface area contributed by atoms with Gasteiger partial charge in [0.2, 0.25) is 0 Å². The van der Waals surface area contributed by atoms with Crippen LogP contribution < -0.4 is 4.74 Å². The number of ether oxygens (including phenoxy) is 1. The Kier molecular flexibility index (Phi) is 2.46. The fourth-order valence-corrected chi connectivity index (χ4v) is 2.95. The van der Waals surface area contributed by atoms with E-state index in [4.69, 9.17) is 16.3 Å². The van der Waals surface area contributed by atoms with Gasteiger partial charge in [-0.2, -0.15) is 0 Å². The molecular formula is C13H17ClO. The first-order valence-corrected chi connectivity index (χ1v) is 5.77. The van der Waals surface area contributed by atoms with Crippen molar-refractivity contribution in [2.24, 2.45) is 0 Å². The number of fused-ring (bicyclic) bond motifs is 1. The fraction of sp³-hybridized carbons (Fsp3) is 0.538. The Labute approximate surface area is 96.4 Å². The van der Waals surface area contributed by atoms with Crippen molar-refractivity contribution in [1.29, 1.82) is 0 Å². The molecule has 1 nitrogen and oxygen atoms in total. The van der Waals surface area contributed by atoms with Gasteiger partial charge in [0.25, 0.3) is 0 Å². The van der Waals surface area contributed by atoms with Gasteiger partial charge in [-0.25, -0.2) is 0 Å². The lowest BCUT2D eigenvalue weighted by Crippen LogP contribution is -2.33. The maximum atomic E-state index is 6.41. The van der Waals surface area contributed by atoms with E-state index in [1.54, 1.807) is 0 Å². The number of rotatable bonds is 0. The molecule has 1 heterocycles. The number of alkyl halides is 1. The topological polar surface area (TPSA) is 9.23 Å². The van der Waals surface area contributed by atoms with Crippen LogP contribution in [0.25, 0.3) is 0 Å². The Morgan fingerprint density at radius 3 is 2.67 bits per heavy atom. The average molecular weight is 225 g/mol. The Bertz CT molecular complexity index is 396. The molecule has 1 unspecified atom stereocenters. The summed E-state index contributed by atoms with van der Waals surface area (Å²) in [6.45, 7) is 8.36. The highest BCUT2D eigenvalue weighted by Crippen LogP contribution is 2.44. The van der Waals surface area contributed by atoms with E-state index in [2.05, 4.69) is 39.8 Å². The van der Waals surface area contributed by atoms with E-state index in [0.29, 0.717) is 0 Å². The van der Waals surface area contributed by atoms with Gasteiger partial charge in [-0.15, -0.1) is 11.6 Å². The molecule has 1 aromatic rings. The first-order valence-electron chi connectivity index (χ1n) is 5.33. The highest BCUT2D eigenvalue weighted by molar-refractivity contribution is 6.21. The van der Waals surface area contributed by atoms with Gasteiger partial charge >= 0.3 is 0 Å². The van der Waals surface area contributed by atoms with Gasteiger partial charge < -0.3 is 4.74 Å². The third kappa shape index (κ3) is 1.98. The molecule has 15 heavy (non-hydrogen) atoms. The summed E-state index contributed by atoms with van der Waals surface area (Å²) in [5, 5.41) is 0.0735. The minimum atomic E-state index is -0.153. The molecule has 1 aliphatic rings. The van der Waals surface area contributed by atoms with Crippen LogP contribution in [0.3, 0.4) is 0 Å². The zero-order valence-electron chi connectivity index (χ0n) is 9.73. The highest BCUT2D eigenvalue weighted by Gasteiger charge is 2.33. The maximum absolute atomic E-state index is 6.41. The van der Waals surface area contributed by atoms with E-state index in [1.807, 2.05) is 0 Å². The molecule has 0 amide bonds. The van der Waals surface area contributed by atoms with Crippen molar-refractivity contribution in [2.75, 3.05) is 0 Å². The van der Waals surface area contributed by atoms with E-state index >= 15 is 0 Å². The Morgan fingerprint density at radius 2 is 2.00 bits per heavy atom. The third-order valence-corrected chi connectivity index (χ3v) is 3.24. The standard InChI is InChI=1S/C13H17ClO/c1-8-5-9(2)12-10(14)7-13(3,4)15-11(12)6-8/h5-6,10H,7H2,1-4H3. The number of halogens is 1. The summed E-state index contributed by atoms with van der Waals surface area (Å²) in [4.78, 5) is 0. The van der Waals surface area contributed by atoms with Crippen molar-refractivity contribution in [1.82, 2.24) is 0 Å². The molecule has 0 spiro atoms. The normalized spacial score (nSPS) is 23.1. The van der Waals surface area contributed by atoms with Gasteiger partial charge in [0, 0.05) is 12.0 Å². The second-order valence-corrected chi connectivity index (χ2v) is 5.55. The van der Waals surface area contributed by atoms with E-state index in [0.717, 1.165) is 12.2 Å². The lowest BCUT2D eigenvalue weighted by molar-refractivity contribution is 0.0822. The van der Waals surface area contributed by atoms with Crippen LogP contribution in [0.2, 0.25) is 0 Å². The second kappa shape index (κ2) is 3.41. The smallest absolute Gasteiger partial charge is 0.125 e. The summed E-state index contributed by atoms with van der Waals surface area (Å²) in [7, 11) is 0. The maximum Gasteiger partial charge on any atom is 0.125 e. The number of benzene rings is 1. The van der Waals surface area contributed by atoms with E-state index in [9.17, 15) is 0 Å². The van der Waals surface area contributed by atoms with Gasteiger partial charge in [-0.3, -0.25) is 0 Å². The highest BCUT2D eigenvalue weighted by atomic mass is 35.5. The first kappa shape index (κ1) is 10.8. The molecule has 0 saturated heterocycles. The summed E-state index contributed by atoms with van der Waals surface area (Å²) in [6, 6.07) is 4.24. The van der Waals surface area contributed by atoms with Crippen molar-refractivity contribution in [3.63, 3.8) is 0 Å². The number of hydrogen-bond donors (Lipinski definition) is 0. The second-order valence-electron chi connectivity index (χ2n) is 5.03.